The zero-order valence-electron chi connectivity index (χ0n) is 15.4. The molecule has 28 heavy (non-hydrogen) atoms. The number of fused-ring (bicyclic) bond motifs is 1. The molecule has 1 N–H and O–H groups in total. The van der Waals surface area contributed by atoms with E-state index in [1.807, 2.05) is 4.90 Å². The van der Waals surface area contributed by atoms with E-state index in [1.165, 1.54) is 19.2 Å². The number of benzene rings is 1. The second-order valence-electron chi connectivity index (χ2n) is 6.36. The van der Waals surface area contributed by atoms with Crippen LogP contribution in [0.15, 0.2) is 22.4 Å². The van der Waals surface area contributed by atoms with Crippen molar-refractivity contribution in [3.05, 3.63) is 51.4 Å². The van der Waals surface area contributed by atoms with Crippen LogP contribution in [0, 0.1) is 11.6 Å². The maximum atomic E-state index is 13.9. The molecule has 1 aliphatic heterocycles. The number of rotatable bonds is 6. The number of esters is 1. The predicted molar refractivity (Wildman–Crippen MR) is 101 cm³/mol. The molecule has 10 heteroatoms. The van der Waals surface area contributed by atoms with Crippen molar-refractivity contribution < 1.29 is 26.7 Å². The quantitative estimate of drug-likeness (QED) is 0.714. The van der Waals surface area contributed by atoms with E-state index in [1.54, 1.807) is 6.92 Å². The van der Waals surface area contributed by atoms with Crippen molar-refractivity contribution in [1.29, 1.82) is 0 Å². The van der Waals surface area contributed by atoms with Crippen LogP contribution < -0.4 is 4.72 Å². The van der Waals surface area contributed by atoms with E-state index in [0.29, 0.717) is 30.6 Å². The fourth-order valence-electron chi connectivity index (χ4n) is 3.21. The van der Waals surface area contributed by atoms with Gasteiger partial charge in [-0.15, -0.1) is 11.3 Å². The Hall–Kier alpha value is -1.88. The maximum Gasteiger partial charge on any atom is 0.340 e. The highest BCUT2D eigenvalue weighted by atomic mass is 32.2. The first-order valence-corrected chi connectivity index (χ1v) is 11.0. The van der Waals surface area contributed by atoms with Gasteiger partial charge in [0.1, 0.15) is 15.8 Å². The van der Waals surface area contributed by atoms with Crippen LogP contribution in [-0.4, -0.2) is 39.5 Å². The molecule has 3 rings (SSSR count). The first-order valence-electron chi connectivity index (χ1n) is 8.65. The van der Waals surface area contributed by atoms with Crippen LogP contribution in [-0.2, 0) is 34.3 Å². The standard InChI is InChI=1S/C18H20F2N2O4S2/c1-3-21-28(24,25)18-16(17(23)26-2)13-6-7-22(10-15(13)27-18)9-11-4-5-12(19)8-14(11)20/h4-5,8,21H,3,6-7,9-10H2,1-2H3. The average molecular weight is 430 g/mol. The lowest BCUT2D eigenvalue weighted by molar-refractivity contribution is 0.0595. The van der Waals surface area contributed by atoms with Gasteiger partial charge in [-0.1, -0.05) is 13.0 Å². The van der Waals surface area contributed by atoms with Crippen LogP contribution >= 0.6 is 11.3 Å². The van der Waals surface area contributed by atoms with E-state index in [-0.39, 0.29) is 22.9 Å². The lowest BCUT2D eigenvalue weighted by atomic mass is 10.0. The van der Waals surface area contributed by atoms with Crippen molar-refractivity contribution in [2.24, 2.45) is 0 Å². The number of nitrogens with zero attached hydrogens (tertiary/aromatic N) is 1. The minimum atomic E-state index is -3.83. The molecule has 152 valence electrons. The number of thiophene rings is 1. The summed E-state index contributed by atoms with van der Waals surface area (Å²) in [4.78, 5) is 14.9. The number of hydrogen-bond acceptors (Lipinski definition) is 6. The fraction of sp³-hybridized carbons (Fsp3) is 0.389. The Balaban J connectivity index is 1.93. The Morgan fingerprint density at radius 1 is 1.36 bits per heavy atom. The fourth-order valence-corrected chi connectivity index (χ4v) is 6.22. The van der Waals surface area contributed by atoms with Crippen molar-refractivity contribution in [3.8, 4) is 0 Å². The van der Waals surface area contributed by atoms with E-state index in [2.05, 4.69) is 4.72 Å². The number of carbonyl (C=O) groups is 1. The second-order valence-corrected chi connectivity index (χ2v) is 9.42. The van der Waals surface area contributed by atoms with Crippen molar-refractivity contribution in [1.82, 2.24) is 9.62 Å². The Labute approximate surface area is 166 Å². The largest absolute Gasteiger partial charge is 0.465 e. The summed E-state index contributed by atoms with van der Waals surface area (Å²) in [7, 11) is -2.62. The smallest absolute Gasteiger partial charge is 0.340 e. The lowest BCUT2D eigenvalue weighted by Crippen LogP contribution is -2.30. The van der Waals surface area contributed by atoms with Gasteiger partial charge in [-0.2, -0.15) is 0 Å². The SMILES string of the molecule is CCNS(=O)(=O)c1sc2c(c1C(=O)OC)CCN(Cc1ccc(F)cc1F)C2. The molecule has 6 nitrogen and oxygen atoms in total. The van der Waals surface area contributed by atoms with E-state index in [4.69, 9.17) is 4.74 Å². The summed E-state index contributed by atoms with van der Waals surface area (Å²) in [5.74, 6) is -1.95. The summed E-state index contributed by atoms with van der Waals surface area (Å²) in [6, 6.07) is 3.44. The average Bonchev–Trinajstić information content (AvgIpc) is 3.03. The number of nitrogens with one attached hydrogen (secondary N) is 1. The number of hydrogen-bond donors (Lipinski definition) is 1. The molecule has 1 aromatic heterocycles. The molecular weight excluding hydrogens is 410 g/mol. The third kappa shape index (κ3) is 4.09. The molecule has 0 saturated carbocycles. The van der Waals surface area contributed by atoms with Gasteiger partial charge in [0.25, 0.3) is 10.0 Å². The molecule has 0 spiro atoms. The van der Waals surface area contributed by atoms with Crippen molar-refractivity contribution >= 4 is 27.3 Å². The van der Waals surface area contributed by atoms with Gasteiger partial charge in [0.15, 0.2) is 0 Å². The molecule has 2 aromatic rings. The topological polar surface area (TPSA) is 75.7 Å². The van der Waals surface area contributed by atoms with Gasteiger partial charge < -0.3 is 4.74 Å². The number of methoxy groups -OCH3 is 1. The maximum absolute atomic E-state index is 13.9. The van der Waals surface area contributed by atoms with E-state index < -0.39 is 27.6 Å². The first kappa shape index (κ1) is 20.8. The van der Waals surface area contributed by atoms with Crippen LogP contribution in [0.3, 0.4) is 0 Å². The van der Waals surface area contributed by atoms with Gasteiger partial charge in [-0.25, -0.2) is 26.7 Å². The second kappa shape index (κ2) is 8.24. The normalized spacial score (nSPS) is 14.7. The summed E-state index contributed by atoms with van der Waals surface area (Å²) in [5.41, 5.74) is 1.09. The summed E-state index contributed by atoms with van der Waals surface area (Å²) < 4.78 is 59.3. The highest BCUT2D eigenvalue weighted by molar-refractivity contribution is 7.91. The third-order valence-electron chi connectivity index (χ3n) is 4.48. The van der Waals surface area contributed by atoms with E-state index >= 15 is 0 Å². The molecule has 0 unspecified atom stereocenters. The Morgan fingerprint density at radius 3 is 2.75 bits per heavy atom. The number of sulfonamides is 1. The summed E-state index contributed by atoms with van der Waals surface area (Å²) >= 11 is 1.03. The number of halogens is 2. The molecule has 0 amide bonds. The van der Waals surface area contributed by atoms with Crippen molar-refractivity contribution in [2.75, 3.05) is 20.2 Å². The van der Waals surface area contributed by atoms with Gasteiger partial charge in [0, 0.05) is 42.7 Å². The Bertz CT molecular complexity index is 1010. The van der Waals surface area contributed by atoms with Crippen molar-refractivity contribution in [2.45, 2.75) is 30.6 Å². The molecule has 1 aromatic carbocycles. The summed E-state index contributed by atoms with van der Waals surface area (Å²) in [6.45, 7) is 2.98. The summed E-state index contributed by atoms with van der Waals surface area (Å²) in [6.07, 6.45) is 0.431. The Morgan fingerprint density at radius 2 is 2.11 bits per heavy atom. The minimum Gasteiger partial charge on any atom is -0.465 e. The van der Waals surface area contributed by atoms with Crippen LogP contribution in [0.1, 0.15) is 33.3 Å². The highest BCUT2D eigenvalue weighted by Gasteiger charge is 2.33. The van der Waals surface area contributed by atoms with Gasteiger partial charge in [-0.05, 0) is 18.1 Å². The van der Waals surface area contributed by atoms with Gasteiger partial charge in [0.2, 0.25) is 0 Å². The van der Waals surface area contributed by atoms with Gasteiger partial charge >= 0.3 is 5.97 Å². The first-order chi connectivity index (χ1) is 13.3. The molecule has 0 radical (unpaired) electrons. The van der Waals surface area contributed by atoms with E-state index in [9.17, 15) is 22.0 Å². The molecule has 1 aliphatic rings. The lowest BCUT2D eigenvalue weighted by Gasteiger charge is -2.27. The molecule has 2 heterocycles. The van der Waals surface area contributed by atoms with Gasteiger partial charge in [-0.3, -0.25) is 4.90 Å². The zero-order chi connectivity index (χ0) is 20.5. The van der Waals surface area contributed by atoms with Crippen molar-refractivity contribution in [3.63, 3.8) is 0 Å². The number of ether oxygens (including phenoxy) is 1. The third-order valence-corrected chi connectivity index (χ3v) is 7.76. The van der Waals surface area contributed by atoms with Crippen LogP contribution in [0.5, 0.6) is 0 Å². The van der Waals surface area contributed by atoms with E-state index in [0.717, 1.165) is 22.3 Å². The minimum absolute atomic E-state index is 0.0546. The van der Waals surface area contributed by atoms with Crippen LogP contribution in [0.4, 0.5) is 8.78 Å². The highest BCUT2D eigenvalue weighted by Crippen LogP contribution is 2.37. The predicted octanol–water partition coefficient (Wildman–Crippen LogP) is 2.67. The molecule has 0 atom stereocenters. The molecule has 0 saturated heterocycles. The van der Waals surface area contributed by atoms with Crippen LogP contribution in [0.25, 0.3) is 0 Å². The monoisotopic (exact) mass is 430 g/mol. The Kier molecular flexibility index (Phi) is 6.13. The summed E-state index contributed by atoms with van der Waals surface area (Å²) in [5, 5.41) is 0. The van der Waals surface area contributed by atoms with Gasteiger partial charge in [0.05, 0.1) is 12.7 Å². The molecular formula is C18H20F2N2O4S2. The number of carbonyl (C=O) groups excluding carboxylic acids is 1. The molecule has 0 aliphatic carbocycles. The molecule has 0 fully saturated rings. The van der Waals surface area contributed by atoms with Crippen LogP contribution in [0.2, 0.25) is 0 Å². The molecule has 0 bridgehead atoms. The zero-order valence-corrected chi connectivity index (χ0v) is 17.1.